The third-order valence-corrected chi connectivity index (χ3v) is 2.01. The first kappa shape index (κ1) is 14.9. The second-order valence-corrected chi connectivity index (χ2v) is 4.05. The van der Waals surface area contributed by atoms with Crippen LogP contribution in [0.2, 0.25) is 0 Å². The average molecular weight is 257 g/mol. The lowest BCUT2D eigenvalue weighted by atomic mass is 10.2. The van der Waals surface area contributed by atoms with Crippen LogP contribution in [0.5, 0.6) is 0 Å². The van der Waals surface area contributed by atoms with E-state index in [1.165, 1.54) is 0 Å². The number of fused-ring (bicyclic) bond motifs is 1. The Morgan fingerprint density at radius 1 is 1.32 bits per heavy atom. The van der Waals surface area contributed by atoms with Crippen molar-refractivity contribution in [3.8, 4) is 0 Å². The Labute approximate surface area is 113 Å². The second kappa shape index (κ2) is 7.28. The Kier molecular flexibility index (Phi) is 5.70. The van der Waals surface area contributed by atoms with Gasteiger partial charge in [0.1, 0.15) is 5.52 Å². The minimum Gasteiger partial charge on any atom is -0.418 e. The summed E-state index contributed by atoms with van der Waals surface area (Å²) in [5, 5.41) is 2.75. The Hall–Kier alpha value is -2.20. The quantitative estimate of drug-likeness (QED) is 0.858. The maximum Gasteiger partial charge on any atom is 0.247 e. The summed E-state index contributed by atoms with van der Waals surface area (Å²) in [4.78, 5) is 8.35. The van der Waals surface area contributed by atoms with Gasteiger partial charge in [-0.2, -0.15) is 0 Å². The fraction of sp³-hybridized carbons (Fsp3) is 0.200. The van der Waals surface area contributed by atoms with Crippen molar-refractivity contribution in [1.29, 1.82) is 0 Å². The van der Waals surface area contributed by atoms with E-state index in [9.17, 15) is 0 Å². The topological polar surface area (TPSA) is 51.0 Å². The molecule has 0 aliphatic rings. The highest BCUT2D eigenvalue weighted by molar-refractivity contribution is 5.74. The number of hydrogen-bond acceptors (Lipinski definition) is 4. The molecule has 0 aliphatic heterocycles. The Bertz CT molecular complexity index is 563. The van der Waals surface area contributed by atoms with Crippen LogP contribution in [0.25, 0.3) is 16.8 Å². The number of nitrogens with one attached hydrogen (secondary N) is 1. The van der Waals surface area contributed by atoms with Crippen LogP contribution in [-0.2, 0) is 0 Å². The van der Waals surface area contributed by atoms with Crippen molar-refractivity contribution in [2.75, 3.05) is 14.1 Å². The summed E-state index contributed by atoms with van der Waals surface area (Å²) in [5.74, 6) is 0.492. The van der Waals surface area contributed by atoms with Gasteiger partial charge in [0.15, 0.2) is 0 Å². The van der Waals surface area contributed by atoms with E-state index in [4.69, 9.17) is 4.42 Å². The standard InChI is InChI=1S/C13H12N2O.C2H7N/c1-9(2)6-7-10(3)12-15-11-5-4-8-14-13(11)16-12;1-3-2/h4-8H,1,3H2,2H3;3H,1-2H3/b7-6-;. The smallest absolute Gasteiger partial charge is 0.247 e. The van der Waals surface area contributed by atoms with Gasteiger partial charge in [0.2, 0.25) is 11.6 Å². The van der Waals surface area contributed by atoms with Crippen molar-refractivity contribution < 1.29 is 4.42 Å². The molecule has 0 saturated heterocycles. The zero-order valence-corrected chi connectivity index (χ0v) is 11.6. The van der Waals surface area contributed by atoms with Crippen LogP contribution in [0.4, 0.5) is 0 Å². The molecule has 2 aromatic heterocycles. The molecule has 0 radical (unpaired) electrons. The summed E-state index contributed by atoms with van der Waals surface area (Å²) in [5.41, 5.74) is 2.93. The highest BCUT2D eigenvalue weighted by Gasteiger charge is 2.06. The van der Waals surface area contributed by atoms with E-state index >= 15 is 0 Å². The normalized spacial score (nSPS) is 10.3. The second-order valence-electron chi connectivity index (χ2n) is 4.05. The molecule has 2 heterocycles. The molecule has 0 amide bonds. The summed E-state index contributed by atoms with van der Waals surface area (Å²) in [6.07, 6.45) is 5.36. The molecule has 4 heteroatoms. The van der Waals surface area contributed by atoms with Crippen molar-refractivity contribution in [2.45, 2.75) is 6.92 Å². The van der Waals surface area contributed by atoms with Crippen LogP contribution < -0.4 is 5.32 Å². The molecule has 0 fully saturated rings. The van der Waals surface area contributed by atoms with Crippen LogP contribution in [0.1, 0.15) is 12.8 Å². The average Bonchev–Trinajstić information content (AvgIpc) is 2.80. The van der Waals surface area contributed by atoms with Gasteiger partial charge in [0, 0.05) is 11.8 Å². The first-order valence-electron chi connectivity index (χ1n) is 5.91. The Morgan fingerprint density at radius 3 is 2.58 bits per heavy atom. The van der Waals surface area contributed by atoms with Gasteiger partial charge in [0.05, 0.1) is 0 Å². The van der Waals surface area contributed by atoms with E-state index < -0.39 is 0 Å². The number of rotatable bonds is 3. The SMILES string of the molecule is C=C(C)/C=C\C(=C)c1nc2cccnc2o1.CNC. The zero-order valence-electron chi connectivity index (χ0n) is 11.6. The summed E-state index contributed by atoms with van der Waals surface area (Å²) in [7, 11) is 3.75. The molecule has 1 N–H and O–H groups in total. The summed E-state index contributed by atoms with van der Waals surface area (Å²) in [6.45, 7) is 9.57. The predicted molar refractivity (Wildman–Crippen MR) is 79.8 cm³/mol. The molecule has 0 bridgehead atoms. The largest absolute Gasteiger partial charge is 0.418 e. The number of hydrogen-bond donors (Lipinski definition) is 1. The molecule has 0 aliphatic carbocycles. The summed E-state index contributed by atoms with van der Waals surface area (Å²) >= 11 is 0. The summed E-state index contributed by atoms with van der Waals surface area (Å²) < 4.78 is 5.46. The van der Waals surface area contributed by atoms with Gasteiger partial charge >= 0.3 is 0 Å². The van der Waals surface area contributed by atoms with Gasteiger partial charge in [-0.25, -0.2) is 9.97 Å². The minimum atomic E-state index is 0.492. The molecule has 2 aromatic rings. The van der Waals surface area contributed by atoms with Crippen LogP contribution in [0.3, 0.4) is 0 Å². The molecule has 0 unspecified atom stereocenters. The number of allylic oxidation sites excluding steroid dienone is 4. The van der Waals surface area contributed by atoms with Crippen LogP contribution in [-0.4, -0.2) is 24.1 Å². The Morgan fingerprint density at radius 2 is 2.00 bits per heavy atom. The number of nitrogens with zero attached hydrogens (tertiary/aromatic N) is 2. The molecule has 0 aromatic carbocycles. The maximum atomic E-state index is 5.46. The molecule has 4 nitrogen and oxygen atoms in total. The first-order valence-corrected chi connectivity index (χ1v) is 5.91. The van der Waals surface area contributed by atoms with Crippen LogP contribution in [0.15, 0.2) is 53.6 Å². The van der Waals surface area contributed by atoms with Gasteiger partial charge in [-0.1, -0.05) is 24.8 Å². The van der Waals surface area contributed by atoms with Crippen molar-refractivity contribution in [2.24, 2.45) is 0 Å². The lowest BCUT2D eigenvalue weighted by Crippen LogP contribution is -1.89. The molecule has 0 atom stereocenters. The van der Waals surface area contributed by atoms with Gasteiger partial charge in [-0.15, -0.1) is 0 Å². The molecular formula is C15H19N3O. The predicted octanol–water partition coefficient (Wildman–Crippen LogP) is 3.20. The van der Waals surface area contributed by atoms with E-state index in [0.29, 0.717) is 17.2 Å². The van der Waals surface area contributed by atoms with E-state index in [-0.39, 0.29) is 0 Å². The molecule has 0 saturated carbocycles. The first-order chi connectivity index (χ1) is 9.08. The third kappa shape index (κ3) is 4.52. The highest BCUT2D eigenvalue weighted by Crippen LogP contribution is 2.18. The number of oxazole rings is 1. The van der Waals surface area contributed by atoms with Crippen molar-refractivity contribution in [1.82, 2.24) is 15.3 Å². The van der Waals surface area contributed by atoms with E-state index in [1.807, 2.05) is 45.3 Å². The molecule has 100 valence electrons. The number of aromatic nitrogens is 2. The molecular weight excluding hydrogens is 238 g/mol. The fourth-order valence-electron chi connectivity index (χ4n) is 1.22. The van der Waals surface area contributed by atoms with Crippen molar-refractivity contribution in [3.05, 3.63) is 55.1 Å². The van der Waals surface area contributed by atoms with Gasteiger partial charge in [-0.3, -0.25) is 0 Å². The monoisotopic (exact) mass is 257 g/mol. The Balaban J connectivity index is 0.000000550. The van der Waals surface area contributed by atoms with Gasteiger partial charge in [0.25, 0.3) is 0 Å². The molecule has 2 rings (SSSR count). The van der Waals surface area contributed by atoms with Crippen molar-refractivity contribution in [3.63, 3.8) is 0 Å². The lowest BCUT2D eigenvalue weighted by Gasteiger charge is -1.91. The van der Waals surface area contributed by atoms with Gasteiger partial charge in [-0.05, 0) is 39.2 Å². The van der Waals surface area contributed by atoms with Crippen LogP contribution >= 0.6 is 0 Å². The number of pyridine rings is 1. The molecule has 0 spiro atoms. The van der Waals surface area contributed by atoms with E-state index in [1.54, 1.807) is 6.20 Å². The fourth-order valence-corrected chi connectivity index (χ4v) is 1.22. The maximum absolute atomic E-state index is 5.46. The zero-order chi connectivity index (χ0) is 14.3. The highest BCUT2D eigenvalue weighted by atomic mass is 16.4. The lowest BCUT2D eigenvalue weighted by molar-refractivity contribution is 0.575. The van der Waals surface area contributed by atoms with E-state index in [2.05, 4.69) is 28.4 Å². The van der Waals surface area contributed by atoms with Crippen LogP contribution in [0, 0.1) is 0 Å². The van der Waals surface area contributed by atoms with Crippen molar-refractivity contribution >= 4 is 16.8 Å². The third-order valence-electron chi connectivity index (χ3n) is 2.01. The summed E-state index contributed by atoms with van der Waals surface area (Å²) in [6, 6.07) is 3.67. The van der Waals surface area contributed by atoms with E-state index in [0.717, 1.165) is 11.1 Å². The van der Waals surface area contributed by atoms with Gasteiger partial charge < -0.3 is 9.73 Å². The molecule has 19 heavy (non-hydrogen) atoms. The minimum absolute atomic E-state index is 0.492.